The van der Waals surface area contributed by atoms with Crippen LogP contribution < -0.4 is 5.73 Å². The molecule has 19 heavy (non-hydrogen) atoms. The van der Waals surface area contributed by atoms with Crippen LogP contribution in [0.2, 0.25) is 0 Å². The smallest absolute Gasteiger partial charge is 0.309 e. The Bertz CT molecular complexity index is 370. The first kappa shape index (κ1) is 16.1. The molecule has 0 saturated carbocycles. The van der Waals surface area contributed by atoms with Crippen molar-refractivity contribution >= 4 is 17.7 Å². The lowest BCUT2D eigenvalue weighted by Gasteiger charge is -2.14. The lowest BCUT2D eigenvalue weighted by atomic mass is 10.2. The first-order valence-corrected chi connectivity index (χ1v) is 7.70. The molecule has 0 aromatic heterocycles. The zero-order valence-electron chi connectivity index (χ0n) is 11.7. The summed E-state index contributed by atoms with van der Waals surface area (Å²) >= 11 is 1.78. The molecule has 1 rings (SSSR count). The summed E-state index contributed by atoms with van der Waals surface area (Å²) in [6, 6.07) is 9.74. The van der Waals surface area contributed by atoms with Crippen molar-refractivity contribution in [3.63, 3.8) is 0 Å². The first-order chi connectivity index (χ1) is 9.13. The number of rotatable bonds is 8. The van der Waals surface area contributed by atoms with E-state index in [2.05, 4.69) is 6.92 Å². The normalized spacial score (nSPS) is 13.8. The molecule has 0 radical (unpaired) electrons. The molecule has 0 fully saturated rings. The summed E-state index contributed by atoms with van der Waals surface area (Å²) in [6.45, 7) is 5.10. The maximum Gasteiger partial charge on any atom is 0.309 e. The number of hydrogen-bond acceptors (Lipinski definition) is 4. The molecule has 0 heterocycles. The van der Waals surface area contributed by atoms with Gasteiger partial charge in [-0.3, -0.25) is 4.79 Å². The zero-order chi connectivity index (χ0) is 14.1. The lowest BCUT2D eigenvalue weighted by Crippen LogP contribution is -2.18. The van der Waals surface area contributed by atoms with Crippen molar-refractivity contribution in [3.8, 4) is 0 Å². The molecule has 2 N–H and O–H groups in total. The van der Waals surface area contributed by atoms with Crippen molar-refractivity contribution in [3.05, 3.63) is 35.9 Å². The molecule has 2 unspecified atom stereocenters. The molecular formula is C15H23NO2S. The van der Waals surface area contributed by atoms with Crippen LogP contribution in [0.25, 0.3) is 0 Å². The van der Waals surface area contributed by atoms with Gasteiger partial charge in [-0.25, -0.2) is 0 Å². The molecule has 0 amide bonds. The minimum atomic E-state index is -0.128. The molecule has 0 aliphatic rings. The second kappa shape index (κ2) is 8.99. The number of nitrogens with two attached hydrogens (primary N) is 1. The van der Waals surface area contributed by atoms with Crippen molar-refractivity contribution in [1.82, 2.24) is 0 Å². The third kappa shape index (κ3) is 6.64. The molecular weight excluding hydrogens is 258 g/mol. The van der Waals surface area contributed by atoms with Crippen LogP contribution in [0.3, 0.4) is 0 Å². The molecule has 1 aromatic rings. The van der Waals surface area contributed by atoms with Gasteiger partial charge in [-0.15, -0.1) is 0 Å². The van der Waals surface area contributed by atoms with Crippen LogP contribution in [-0.2, 0) is 16.1 Å². The van der Waals surface area contributed by atoms with Crippen LogP contribution >= 0.6 is 11.8 Å². The number of carbonyl (C=O) groups excluding carboxylic acids is 1. The highest BCUT2D eigenvalue weighted by Gasteiger charge is 2.16. The number of benzene rings is 1. The van der Waals surface area contributed by atoms with Gasteiger partial charge in [0.25, 0.3) is 0 Å². The van der Waals surface area contributed by atoms with Gasteiger partial charge in [0.1, 0.15) is 6.61 Å². The number of ether oxygens (including phenoxy) is 1. The number of hydrogen-bond donors (Lipinski definition) is 1. The van der Waals surface area contributed by atoms with Crippen molar-refractivity contribution in [2.24, 2.45) is 11.7 Å². The summed E-state index contributed by atoms with van der Waals surface area (Å²) in [7, 11) is 0. The molecule has 2 atom stereocenters. The molecule has 0 saturated heterocycles. The maximum atomic E-state index is 11.8. The number of thioether (sulfide) groups is 1. The van der Waals surface area contributed by atoms with E-state index in [1.165, 1.54) is 0 Å². The summed E-state index contributed by atoms with van der Waals surface area (Å²) < 4.78 is 5.31. The molecule has 106 valence electrons. The Labute approximate surface area is 119 Å². The number of esters is 1. The maximum absolute atomic E-state index is 11.8. The van der Waals surface area contributed by atoms with Gasteiger partial charge in [-0.1, -0.05) is 44.2 Å². The van der Waals surface area contributed by atoms with E-state index in [0.717, 1.165) is 17.7 Å². The van der Waals surface area contributed by atoms with E-state index >= 15 is 0 Å². The molecule has 0 aliphatic carbocycles. The third-order valence-corrected chi connectivity index (χ3v) is 4.33. The van der Waals surface area contributed by atoms with E-state index in [9.17, 15) is 4.79 Å². The second-order valence-corrected chi connectivity index (χ2v) is 6.19. The molecule has 0 spiro atoms. The van der Waals surface area contributed by atoms with Crippen molar-refractivity contribution < 1.29 is 9.53 Å². The third-order valence-electron chi connectivity index (χ3n) is 2.83. The molecule has 0 bridgehead atoms. The molecule has 4 heteroatoms. The standard InChI is InChI=1S/C15H23NO2S/c1-12(11-19-13(2)8-9-16)15(17)18-10-14-6-4-3-5-7-14/h3-7,12-13H,8-11,16H2,1-2H3. The fraction of sp³-hybridized carbons (Fsp3) is 0.533. The average Bonchev–Trinajstić information content (AvgIpc) is 2.43. The quantitative estimate of drug-likeness (QED) is 0.744. The van der Waals surface area contributed by atoms with Crippen LogP contribution in [0.1, 0.15) is 25.8 Å². The fourth-order valence-electron chi connectivity index (χ4n) is 1.57. The van der Waals surface area contributed by atoms with Gasteiger partial charge in [0.2, 0.25) is 0 Å². The summed E-state index contributed by atoms with van der Waals surface area (Å²) in [5, 5.41) is 0.495. The summed E-state index contributed by atoms with van der Waals surface area (Å²) in [6.07, 6.45) is 0.983. The SMILES string of the molecule is CC(CCN)SCC(C)C(=O)OCc1ccccc1. The monoisotopic (exact) mass is 281 g/mol. The van der Waals surface area contributed by atoms with E-state index in [0.29, 0.717) is 18.4 Å². The minimum absolute atomic E-state index is 0.0751. The Morgan fingerprint density at radius 1 is 1.32 bits per heavy atom. The van der Waals surface area contributed by atoms with E-state index < -0.39 is 0 Å². The Morgan fingerprint density at radius 3 is 2.63 bits per heavy atom. The Hall–Kier alpha value is -1.00. The van der Waals surface area contributed by atoms with Crippen molar-refractivity contribution in [1.29, 1.82) is 0 Å². The second-order valence-electron chi connectivity index (χ2n) is 4.72. The van der Waals surface area contributed by atoms with Crippen LogP contribution in [0.4, 0.5) is 0 Å². The van der Waals surface area contributed by atoms with Gasteiger partial charge in [0.15, 0.2) is 0 Å². The number of carbonyl (C=O) groups is 1. The van der Waals surface area contributed by atoms with Crippen LogP contribution in [0, 0.1) is 5.92 Å². The Kier molecular flexibility index (Phi) is 7.60. The van der Waals surface area contributed by atoms with E-state index in [1.807, 2.05) is 37.3 Å². The summed E-state index contributed by atoms with van der Waals surface area (Å²) in [4.78, 5) is 11.8. The van der Waals surface area contributed by atoms with Gasteiger partial charge >= 0.3 is 5.97 Å². The Balaban J connectivity index is 2.25. The van der Waals surface area contributed by atoms with Crippen molar-refractivity contribution in [2.45, 2.75) is 32.1 Å². The highest BCUT2D eigenvalue weighted by atomic mass is 32.2. The topological polar surface area (TPSA) is 52.3 Å². The zero-order valence-corrected chi connectivity index (χ0v) is 12.5. The van der Waals surface area contributed by atoms with Crippen LogP contribution in [0.15, 0.2) is 30.3 Å². The van der Waals surface area contributed by atoms with E-state index in [-0.39, 0.29) is 11.9 Å². The van der Waals surface area contributed by atoms with Gasteiger partial charge in [-0.2, -0.15) is 11.8 Å². The van der Waals surface area contributed by atoms with Crippen molar-refractivity contribution in [2.75, 3.05) is 12.3 Å². The van der Waals surface area contributed by atoms with Gasteiger partial charge in [-0.05, 0) is 18.5 Å². The first-order valence-electron chi connectivity index (χ1n) is 6.65. The van der Waals surface area contributed by atoms with Gasteiger partial charge < -0.3 is 10.5 Å². The van der Waals surface area contributed by atoms with Crippen LogP contribution in [0.5, 0.6) is 0 Å². The minimum Gasteiger partial charge on any atom is -0.461 e. The largest absolute Gasteiger partial charge is 0.461 e. The predicted molar refractivity (Wildman–Crippen MR) is 81.0 cm³/mol. The summed E-state index contributed by atoms with van der Waals surface area (Å²) in [5.74, 6) is 0.583. The average molecular weight is 281 g/mol. The van der Waals surface area contributed by atoms with E-state index in [4.69, 9.17) is 10.5 Å². The highest BCUT2D eigenvalue weighted by molar-refractivity contribution is 7.99. The fourth-order valence-corrected chi connectivity index (χ4v) is 2.62. The molecule has 0 aliphatic heterocycles. The molecule has 3 nitrogen and oxygen atoms in total. The predicted octanol–water partition coefficient (Wildman–Crippen LogP) is 2.84. The van der Waals surface area contributed by atoms with E-state index in [1.54, 1.807) is 11.8 Å². The van der Waals surface area contributed by atoms with Gasteiger partial charge in [0.05, 0.1) is 5.92 Å². The lowest BCUT2D eigenvalue weighted by molar-refractivity contribution is -0.148. The van der Waals surface area contributed by atoms with Gasteiger partial charge in [0, 0.05) is 11.0 Å². The Morgan fingerprint density at radius 2 is 2.00 bits per heavy atom. The highest BCUT2D eigenvalue weighted by Crippen LogP contribution is 2.18. The summed E-state index contributed by atoms with van der Waals surface area (Å²) in [5.41, 5.74) is 6.52. The van der Waals surface area contributed by atoms with Crippen LogP contribution in [-0.4, -0.2) is 23.5 Å². The molecule has 1 aromatic carbocycles.